The molecule has 98 valence electrons. The lowest BCUT2D eigenvalue weighted by molar-refractivity contribution is -0.136. The van der Waals surface area contributed by atoms with E-state index in [1.54, 1.807) is 0 Å². The van der Waals surface area contributed by atoms with E-state index in [4.69, 9.17) is 5.11 Å². The minimum atomic E-state index is -0.745. The van der Waals surface area contributed by atoms with Crippen molar-refractivity contribution in [1.29, 1.82) is 0 Å². The number of carboxylic acids is 1. The minimum absolute atomic E-state index is 0.191. The van der Waals surface area contributed by atoms with Crippen molar-refractivity contribution in [3.63, 3.8) is 0 Å². The van der Waals surface area contributed by atoms with Crippen LogP contribution >= 0.6 is 0 Å². The Bertz CT molecular complexity index is 383. The number of carboxylic acid groups (broad SMARTS) is 1. The fourth-order valence-electron chi connectivity index (χ4n) is 2.25. The summed E-state index contributed by atoms with van der Waals surface area (Å²) in [5, 5.41) is 11.9. The predicted octanol–water partition coefficient (Wildman–Crippen LogP) is 0.720. The molecule has 5 heteroatoms. The van der Waals surface area contributed by atoms with E-state index in [9.17, 15) is 4.79 Å². The van der Waals surface area contributed by atoms with Crippen LogP contribution < -0.4 is 5.32 Å². The number of hydrogen-bond acceptors (Lipinski definition) is 4. The van der Waals surface area contributed by atoms with Crippen molar-refractivity contribution in [3.8, 4) is 0 Å². The Balaban J connectivity index is 1.70. The van der Waals surface area contributed by atoms with Crippen LogP contribution in [0, 0.1) is 0 Å². The Labute approximate surface area is 107 Å². The van der Waals surface area contributed by atoms with Crippen LogP contribution in [0.25, 0.3) is 0 Å². The minimum Gasteiger partial charge on any atom is -0.481 e. The van der Waals surface area contributed by atoms with Gasteiger partial charge in [-0.2, -0.15) is 0 Å². The molecule has 1 aliphatic heterocycles. The molecule has 2 N–H and O–H groups in total. The fourth-order valence-corrected chi connectivity index (χ4v) is 2.25. The van der Waals surface area contributed by atoms with Gasteiger partial charge in [0.2, 0.25) is 0 Å². The summed E-state index contributed by atoms with van der Waals surface area (Å²) in [6, 6.07) is 6.36. The molecule has 1 aliphatic rings. The standard InChI is InChI=1S/C13H19N3O2/c17-13(18)4-7-15-12-5-8-16(10-12)9-11-3-1-2-6-14-11/h1-3,6,12,15H,4-5,7-10H2,(H,17,18). The monoisotopic (exact) mass is 249 g/mol. The van der Waals surface area contributed by atoms with Gasteiger partial charge < -0.3 is 10.4 Å². The first-order chi connectivity index (χ1) is 8.74. The molecule has 0 radical (unpaired) electrons. The third-order valence-corrected chi connectivity index (χ3v) is 3.16. The smallest absolute Gasteiger partial charge is 0.304 e. The topological polar surface area (TPSA) is 65.5 Å². The van der Waals surface area contributed by atoms with Gasteiger partial charge >= 0.3 is 5.97 Å². The molecule has 0 bridgehead atoms. The molecule has 1 saturated heterocycles. The van der Waals surface area contributed by atoms with E-state index in [-0.39, 0.29) is 6.42 Å². The number of carbonyl (C=O) groups is 1. The average molecular weight is 249 g/mol. The third kappa shape index (κ3) is 4.09. The second kappa shape index (κ2) is 6.47. The second-order valence-electron chi connectivity index (χ2n) is 4.64. The zero-order valence-corrected chi connectivity index (χ0v) is 10.4. The van der Waals surface area contributed by atoms with E-state index in [0.29, 0.717) is 12.6 Å². The summed E-state index contributed by atoms with van der Waals surface area (Å²) < 4.78 is 0. The van der Waals surface area contributed by atoms with Crippen LogP contribution in [-0.2, 0) is 11.3 Å². The van der Waals surface area contributed by atoms with Crippen LogP contribution in [0.1, 0.15) is 18.5 Å². The summed E-state index contributed by atoms with van der Waals surface area (Å²) in [7, 11) is 0. The number of pyridine rings is 1. The molecule has 18 heavy (non-hydrogen) atoms. The van der Waals surface area contributed by atoms with Crippen LogP contribution in [0.15, 0.2) is 24.4 Å². The normalized spacial score (nSPS) is 20.1. The zero-order chi connectivity index (χ0) is 12.8. The number of hydrogen-bond donors (Lipinski definition) is 2. The molecule has 0 spiro atoms. The van der Waals surface area contributed by atoms with Gasteiger partial charge in [0.1, 0.15) is 0 Å². The van der Waals surface area contributed by atoms with E-state index in [2.05, 4.69) is 15.2 Å². The molecule has 5 nitrogen and oxygen atoms in total. The summed E-state index contributed by atoms with van der Waals surface area (Å²) in [5.41, 5.74) is 1.09. The molecule has 2 heterocycles. The quantitative estimate of drug-likeness (QED) is 0.777. The van der Waals surface area contributed by atoms with Crippen molar-refractivity contribution in [2.24, 2.45) is 0 Å². The van der Waals surface area contributed by atoms with E-state index >= 15 is 0 Å². The lowest BCUT2D eigenvalue weighted by Crippen LogP contribution is -2.33. The number of aromatic nitrogens is 1. The molecule has 1 aromatic heterocycles. The second-order valence-corrected chi connectivity index (χ2v) is 4.64. The summed E-state index contributed by atoms with van der Waals surface area (Å²) in [6.07, 6.45) is 3.08. The number of nitrogens with zero attached hydrogens (tertiary/aromatic N) is 2. The van der Waals surface area contributed by atoms with Crippen molar-refractivity contribution in [1.82, 2.24) is 15.2 Å². The van der Waals surface area contributed by atoms with Crippen LogP contribution in [0.3, 0.4) is 0 Å². The van der Waals surface area contributed by atoms with Gasteiger partial charge in [0.05, 0.1) is 12.1 Å². The Hall–Kier alpha value is -1.46. The van der Waals surface area contributed by atoms with Gasteiger partial charge in [-0.15, -0.1) is 0 Å². The van der Waals surface area contributed by atoms with Gasteiger partial charge in [0.15, 0.2) is 0 Å². The maximum atomic E-state index is 10.4. The molecule has 0 aliphatic carbocycles. The molecule has 1 atom stereocenters. The molecule has 1 unspecified atom stereocenters. The van der Waals surface area contributed by atoms with Gasteiger partial charge in [-0.1, -0.05) is 6.07 Å². The number of nitrogens with one attached hydrogen (secondary N) is 1. The summed E-state index contributed by atoms with van der Waals surface area (Å²) in [4.78, 5) is 17.1. The van der Waals surface area contributed by atoms with Crippen LogP contribution in [0.5, 0.6) is 0 Å². The summed E-state index contributed by atoms with van der Waals surface area (Å²) >= 11 is 0. The van der Waals surface area contributed by atoms with Crippen molar-refractivity contribution >= 4 is 5.97 Å². The Morgan fingerprint density at radius 3 is 3.17 bits per heavy atom. The molecule has 0 saturated carbocycles. The summed E-state index contributed by atoms with van der Waals surface area (Å²) in [6.45, 7) is 3.44. The zero-order valence-electron chi connectivity index (χ0n) is 10.4. The lowest BCUT2D eigenvalue weighted by atomic mass is 10.2. The van der Waals surface area contributed by atoms with Crippen molar-refractivity contribution in [2.75, 3.05) is 19.6 Å². The molecule has 1 fully saturated rings. The maximum Gasteiger partial charge on any atom is 0.304 e. The molecular weight excluding hydrogens is 230 g/mol. The molecule has 2 rings (SSSR count). The molecule has 0 amide bonds. The van der Waals surface area contributed by atoms with Gasteiger partial charge in [-0.05, 0) is 18.6 Å². The Kier molecular flexibility index (Phi) is 4.66. The molecule has 1 aromatic rings. The Morgan fingerprint density at radius 1 is 1.56 bits per heavy atom. The van der Waals surface area contributed by atoms with Gasteiger partial charge in [-0.3, -0.25) is 14.7 Å². The van der Waals surface area contributed by atoms with Crippen molar-refractivity contribution in [2.45, 2.75) is 25.4 Å². The predicted molar refractivity (Wildman–Crippen MR) is 68.2 cm³/mol. The van der Waals surface area contributed by atoms with E-state index in [0.717, 1.165) is 31.7 Å². The van der Waals surface area contributed by atoms with Gasteiger partial charge in [-0.25, -0.2) is 0 Å². The maximum absolute atomic E-state index is 10.4. The average Bonchev–Trinajstić information content (AvgIpc) is 2.78. The lowest BCUT2D eigenvalue weighted by Gasteiger charge is -2.15. The molecule has 0 aromatic carbocycles. The highest BCUT2D eigenvalue weighted by molar-refractivity contribution is 5.66. The van der Waals surface area contributed by atoms with Gasteiger partial charge in [0.25, 0.3) is 0 Å². The number of likely N-dealkylation sites (tertiary alicyclic amines) is 1. The first kappa shape index (κ1) is 13.0. The highest BCUT2D eigenvalue weighted by Gasteiger charge is 2.22. The third-order valence-electron chi connectivity index (χ3n) is 3.16. The van der Waals surface area contributed by atoms with E-state index in [1.165, 1.54) is 0 Å². The van der Waals surface area contributed by atoms with E-state index in [1.807, 2.05) is 24.4 Å². The largest absolute Gasteiger partial charge is 0.481 e. The van der Waals surface area contributed by atoms with Crippen LogP contribution in [0.2, 0.25) is 0 Å². The van der Waals surface area contributed by atoms with Crippen LogP contribution in [-0.4, -0.2) is 46.6 Å². The van der Waals surface area contributed by atoms with Crippen molar-refractivity contribution in [3.05, 3.63) is 30.1 Å². The number of rotatable bonds is 6. The molecular formula is C13H19N3O2. The van der Waals surface area contributed by atoms with Gasteiger partial charge in [0, 0.05) is 38.4 Å². The first-order valence-electron chi connectivity index (χ1n) is 6.31. The first-order valence-corrected chi connectivity index (χ1v) is 6.31. The fraction of sp³-hybridized carbons (Fsp3) is 0.538. The van der Waals surface area contributed by atoms with E-state index < -0.39 is 5.97 Å². The SMILES string of the molecule is O=C(O)CCNC1CCN(Cc2ccccn2)C1. The highest BCUT2D eigenvalue weighted by atomic mass is 16.4. The van der Waals surface area contributed by atoms with Crippen molar-refractivity contribution < 1.29 is 9.90 Å². The summed E-state index contributed by atoms with van der Waals surface area (Å²) in [5.74, 6) is -0.745. The number of aliphatic carboxylic acids is 1. The Morgan fingerprint density at radius 2 is 2.44 bits per heavy atom. The van der Waals surface area contributed by atoms with Crippen LogP contribution in [0.4, 0.5) is 0 Å². The highest BCUT2D eigenvalue weighted by Crippen LogP contribution is 2.12.